The number of aromatic amines is 1. The van der Waals surface area contributed by atoms with Crippen molar-refractivity contribution in [2.45, 2.75) is 0 Å². The van der Waals surface area contributed by atoms with Crippen LogP contribution in [0.3, 0.4) is 0 Å². The highest BCUT2D eigenvalue weighted by Crippen LogP contribution is 2.31. The fourth-order valence-electron chi connectivity index (χ4n) is 2.45. The zero-order chi connectivity index (χ0) is 15.1. The number of rotatable bonds is 2. The van der Waals surface area contributed by atoms with E-state index in [-0.39, 0.29) is 11.5 Å². The van der Waals surface area contributed by atoms with E-state index >= 15 is 0 Å². The Balaban J connectivity index is 1.92. The first-order valence-electron chi connectivity index (χ1n) is 6.75. The number of nitrogens with one attached hydrogen (secondary N) is 1. The zero-order valence-corrected chi connectivity index (χ0v) is 12.2. The third kappa shape index (κ3) is 1.98. The van der Waals surface area contributed by atoms with Gasteiger partial charge in [0.25, 0.3) is 5.56 Å². The van der Waals surface area contributed by atoms with Crippen molar-refractivity contribution in [3.05, 3.63) is 46.1 Å². The normalized spacial score (nSPS) is 14.5. The van der Waals surface area contributed by atoms with Gasteiger partial charge in [0, 0.05) is 10.9 Å². The van der Waals surface area contributed by atoms with Gasteiger partial charge in [-0.2, -0.15) is 0 Å². The van der Waals surface area contributed by atoms with Gasteiger partial charge < -0.3 is 4.74 Å². The Morgan fingerprint density at radius 1 is 1.23 bits per heavy atom. The van der Waals surface area contributed by atoms with Gasteiger partial charge >= 0.3 is 6.09 Å². The molecule has 0 saturated carbocycles. The number of thiophene rings is 1. The Labute approximate surface area is 129 Å². The quantitative estimate of drug-likeness (QED) is 0.789. The second-order valence-corrected chi connectivity index (χ2v) is 5.73. The number of fused-ring (bicyclic) bond motifs is 1. The van der Waals surface area contributed by atoms with Gasteiger partial charge in [-0.15, -0.1) is 11.3 Å². The van der Waals surface area contributed by atoms with Crippen LogP contribution in [0.4, 0.5) is 10.7 Å². The fourth-order valence-corrected chi connectivity index (χ4v) is 3.36. The number of cyclic esters (lactones) is 1. The lowest BCUT2D eigenvalue weighted by Gasteiger charge is -2.10. The molecule has 1 saturated heterocycles. The van der Waals surface area contributed by atoms with E-state index in [1.54, 1.807) is 0 Å². The van der Waals surface area contributed by atoms with Crippen molar-refractivity contribution in [2.24, 2.45) is 0 Å². The monoisotopic (exact) mass is 313 g/mol. The molecule has 6 nitrogen and oxygen atoms in total. The number of aromatic nitrogens is 2. The van der Waals surface area contributed by atoms with Gasteiger partial charge in [-0.25, -0.2) is 14.7 Å². The second-order valence-electron chi connectivity index (χ2n) is 4.85. The van der Waals surface area contributed by atoms with Crippen LogP contribution in [0.25, 0.3) is 21.3 Å². The number of hydrogen-bond acceptors (Lipinski definition) is 5. The van der Waals surface area contributed by atoms with Crippen molar-refractivity contribution in [3.8, 4) is 11.1 Å². The Kier molecular flexibility index (Phi) is 2.93. The van der Waals surface area contributed by atoms with Crippen molar-refractivity contribution in [2.75, 3.05) is 18.1 Å². The summed E-state index contributed by atoms with van der Waals surface area (Å²) in [5.74, 6) is 0.232. The molecule has 0 spiro atoms. The van der Waals surface area contributed by atoms with Crippen LogP contribution in [-0.2, 0) is 4.74 Å². The Hall–Kier alpha value is -2.67. The topological polar surface area (TPSA) is 75.3 Å². The first-order valence-corrected chi connectivity index (χ1v) is 7.63. The highest BCUT2D eigenvalue weighted by Gasteiger charge is 2.26. The third-order valence-electron chi connectivity index (χ3n) is 3.52. The maximum atomic E-state index is 12.2. The van der Waals surface area contributed by atoms with E-state index in [4.69, 9.17) is 4.74 Å². The molecule has 1 aliphatic rings. The molecule has 0 bridgehead atoms. The van der Waals surface area contributed by atoms with Crippen LogP contribution in [0.1, 0.15) is 0 Å². The number of amides is 1. The molecule has 110 valence electrons. The highest BCUT2D eigenvalue weighted by molar-refractivity contribution is 7.17. The molecule has 2 aromatic heterocycles. The Bertz CT molecular complexity index is 917. The molecule has 22 heavy (non-hydrogen) atoms. The summed E-state index contributed by atoms with van der Waals surface area (Å²) < 4.78 is 5.45. The Morgan fingerprint density at radius 2 is 2.05 bits per heavy atom. The van der Waals surface area contributed by atoms with Crippen LogP contribution in [0, 0.1) is 0 Å². The average molecular weight is 313 g/mol. The predicted molar refractivity (Wildman–Crippen MR) is 84.4 cm³/mol. The van der Waals surface area contributed by atoms with E-state index in [1.807, 2.05) is 35.7 Å². The van der Waals surface area contributed by atoms with Crippen molar-refractivity contribution in [1.29, 1.82) is 0 Å². The van der Waals surface area contributed by atoms with Crippen LogP contribution in [-0.4, -0.2) is 29.2 Å². The van der Waals surface area contributed by atoms with Crippen LogP contribution in [0.5, 0.6) is 0 Å². The summed E-state index contributed by atoms with van der Waals surface area (Å²) in [7, 11) is 0. The summed E-state index contributed by atoms with van der Waals surface area (Å²) in [6.45, 7) is 0.688. The number of hydrogen-bond donors (Lipinski definition) is 1. The largest absolute Gasteiger partial charge is 0.447 e. The number of carbonyl (C=O) groups is 1. The van der Waals surface area contributed by atoms with Crippen molar-refractivity contribution in [1.82, 2.24) is 9.97 Å². The molecule has 0 radical (unpaired) electrons. The lowest BCUT2D eigenvalue weighted by Crippen LogP contribution is -2.27. The van der Waals surface area contributed by atoms with Crippen molar-refractivity contribution in [3.63, 3.8) is 0 Å². The molecule has 0 aliphatic carbocycles. The molecule has 1 aliphatic heterocycles. The van der Waals surface area contributed by atoms with E-state index in [9.17, 15) is 9.59 Å². The molecule has 1 fully saturated rings. The molecular formula is C15H11N3O3S. The number of ether oxygens (including phenoxy) is 1. The molecule has 1 N–H and O–H groups in total. The molecule has 3 aromatic rings. The number of carbonyl (C=O) groups excluding carboxylic acids is 1. The van der Waals surface area contributed by atoms with Gasteiger partial charge in [0.05, 0.1) is 12.1 Å². The second kappa shape index (κ2) is 4.96. The molecule has 1 amide bonds. The van der Waals surface area contributed by atoms with E-state index in [0.29, 0.717) is 23.4 Å². The van der Waals surface area contributed by atoms with Gasteiger partial charge in [-0.1, -0.05) is 30.3 Å². The number of H-pyrrole nitrogens is 1. The lowest BCUT2D eigenvalue weighted by atomic mass is 10.1. The summed E-state index contributed by atoms with van der Waals surface area (Å²) in [4.78, 5) is 32.4. The minimum Gasteiger partial charge on any atom is -0.447 e. The van der Waals surface area contributed by atoms with Gasteiger partial charge in [-0.3, -0.25) is 9.78 Å². The SMILES string of the molecule is O=C1OCCN1c1nc2c(-c3ccccc3)csc2c(=O)[nH]1. The van der Waals surface area contributed by atoms with Gasteiger partial charge in [0.15, 0.2) is 0 Å². The van der Waals surface area contributed by atoms with Crippen LogP contribution in [0.15, 0.2) is 40.5 Å². The van der Waals surface area contributed by atoms with E-state index in [1.165, 1.54) is 16.2 Å². The maximum absolute atomic E-state index is 12.2. The van der Waals surface area contributed by atoms with Crippen molar-refractivity contribution >= 4 is 33.6 Å². The standard InChI is InChI=1S/C15H11N3O3S/c19-13-12-11(10(8-22-12)9-4-2-1-3-5-9)16-14(17-13)18-6-7-21-15(18)20/h1-5,8H,6-7H2,(H,16,17,19). The summed E-state index contributed by atoms with van der Waals surface area (Å²) in [6.07, 6.45) is -0.487. The average Bonchev–Trinajstić information content (AvgIpc) is 3.14. The summed E-state index contributed by atoms with van der Waals surface area (Å²) in [6, 6.07) is 9.74. The lowest BCUT2D eigenvalue weighted by molar-refractivity contribution is 0.181. The van der Waals surface area contributed by atoms with E-state index in [0.717, 1.165) is 11.1 Å². The summed E-state index contributed by atoms with van der Waals surface area (Å²) in [5, 5.41) is 1.91. The van der Waals surface area contributed by atoms with Gasteiger partial charge in [-0.05, 0) is 5.56 Å². The first kappa shape index (κ1) is 13.0. The highest BCUT2D eigenvalue weighted by atomic mass is 32.1. The fraction of sp³-hybridized carbons (Fsp3) is 0.133. The van der Waals surface area contributed by atoms with Crippen LogP contribution in [0.2, 0.25) is 0 Å². The summed E-state index contributed by atoms with van der Waals surface area (Å²) >= 11 is 1.35. The number of nitrogens with zero attached hydrogens (tertiary/aromatic N) is 2. The molecule has 1 aromatic carbocycles. The molecule has 7 heteroatoms. The van der Waals surface area contributed by atoms with Crippen molar-refractivity contribution < 1.29 is 9.53 Å². The molecule has 0 atom stereocenters. The minimum atomic E-state index is -0.487. The minimum absolute atomic E-state index is 0.232. The van der Waals surface area contributed by atoms with E-state index in [2.05, 4.69) is 9.97 Å². The number of benzene rings is 1. The van der Waals surface area contributed by atoms with E-state index < -0.39 is 6.09 Å². The molecule has 4 rings (SSSR count). The number of anilines is 1. The maximum Gasteiger partial charge on any atom is 0.416 e. The Morgan fingerprint density at radius 3 is 2.77 bits per heavy atom. The van der Waals surface area contributed by atoms with Gasteiger partial charge in [0.1, 0.15) is 11.3 Å². The molecule has 3 heterocycles. The van der Waals surface area contributed by atoms with Gasteiger partial charge in [0.2, 0.25) is 5.95 Å². The third-order valence-corrected chi connectivity index (χ3v) is 4.48. The predicted octanol–water partition coefficient (Wildman–Crippen LogP) is 2.61. The molecular weight excluding hydrogens is 302 g/mol. The smallest absolute Gasteiger partial charge is 0.416 e. The summed E-state index contributed by atoms with van der Waals surface area (Å²) in [5.41, 5.74) is 2.24. The first-order chi connectivity index (χ1) is 10.7. The molecule has 0 unspecified atom stereocenters. The van der Waals surface area contributed by atoms with Crippen LogP contribution >= 0.6 is 11.3 Å². The zero-order valence-electron chi connectivity index (χ0n) is 11.4. The van der Waals surface area contributed by atoms with Crippen LogP contribution < -0.4 is 10.5 Å².